The van der Waals surface area contributed by atoms with Gasteiger partial charge in [0.25, 0.3) is 0 Å². The molecular weight excluding hydrogens is 286 g/mol. The van der Waals surface area contributed by atoms with Crippen molar-refractivity contribution in [1.29, 1.82) is 0 Å². The molecule has 0 atom stereocenters. The van der Waals surface area contributed by atoms with Crippen LogP contribution in [0.2, 0.25) is 0 Å². The molecule has 1 aliphatic heterocycles. The number of hydrogen-bond donors (Lipinski definition) is 0. The summed E-state index contributed by atoms with van der Waals surface area (Å²) in [6.07, 6.45) is 5.49. The number of piperidine rings is 1. The van der Waals surface area contributed by atoms with Crippen LogP contribution >= 0.6 is 15.9 Å². The van der Waals surface area contributed by atoms with Crippen molar-refractivity contribution < 1.29 is 0 Å². The van der Waals surface area contributed by atoms with E-state index in [-0.39, 0.29) is 0 Å². The third kappa shape index (κ3) is 3.28. The molecule has 0 N–H and O–H groups in total. The van der Waals surface area contributed by atoms with E-state index in [1.54, 1.807) is 0 Å². The molecule has 18 heavy (non-hydrogen) atoms. The predicted octanol–water partition coefficient (Wildman–Crippen LogP) is 4.91. The SMILES string of the molecule is CCCC1CCN(c2ccc(CBr)cc2C)CC1. The minimum Gasteiger partial charge on any atom is -0.371 e. The van der Waals surface area contributed by atoms with Crippen LogP contribution in [0.1, 0.15) is 43.7 Å². The zero-order valence-electron chi connectivity index (χ0n) is 11.6. The molecule has 1 aromatic carbocycles. The molecule has 0 unspecified atom stereocenters. The minimum absolute atomic E-state index is 0.951. The summed E-state index contributed by atoms with van der Waals surface area (Å²) in [7, 11) is 0. The maximum absolute atomic E-state index is 3.52. The summed E-state index contributed by atoms with van der Waals surface area (Å²) in [6.45, 7) is 7.01. The van der Waals surface area contributed by atoms with Crippen LogP contribution in [0.25, 0.3) is 0 Å². The summed E-state index contributed by atoms with van der Waals surface area (Å²) in [4.78, 5) is 2.57. The lowest BCUT2D eigenvalue weighted by Gasteiger charge is -2.34. The zero-order chi connectivity index (χ0) is 13.0. The number of anilines is 1. The van der Waals surface area contributed by atoms with Gasteiger partial charge < -0.3 is 4.90 Å². The molecule has 1 heterocycles. The molecule has 2 rings (SSSR count). The molecule has 1 aromatic rings. The van der Waals surface area contributed by atoms with Crippen LogP contribution in [-0.2, 0) is 5.33 Å². The average Bonchev–Trinajstić information content (AvgIpc) is 2.40. The Bertz CT molecular complexity index is 381. The predicted molar refractivity (Wildman–Crippen MR) is 83.7 cm³/mol. The lowest BCUT2D eigenvalue weighted by Crippen LogP contribution is -2.34. The van der Waals surface area contributed by atoms with Gasteiger partial charge in [-0.05, 0) is 42.9 Å². The van der Waals surface area contributed by atoms with Gasteiger partial charge in [0.05, 0.1) is 0 Å². The quantitative estimate of drug-likeness (QED) is 0.715. The van der Waals surface area contributed by atoms with Gasteiger partial charge in [0.2, 0.25) is 0 Å². The van der Waals surface area contributed by atoms with E-state index >= 15 is 0 Å². The maximum atomic E-state index is 3.52. The fraction of sp³-hybridized carbons (Fsp3) is 0.625. The molecule has 0 bridgehead atoms. The van der Waals surface area contributed by atoms with Gasteiger partial charge in [0, 0.05) is 24.1 Å². The minimum atomic E-state index is 0.951. The highest BCUT2D eigenvalue weighted by molar-refractivity contribution is 9.08. The molecule has 2 heteroatoms. The Morgan fingerprint density at radius 1 is 1.28 bits per heavy atom. The van der Waals surface area contributed by atoms with Gasteiger partial charge in [-0.2, -0.15) is 0 Å². The Morgan fingerprint density at radius 2 is 2.00 bits per heavy atom. The smallest absolute Gasteiger partial charge is 0.0396 e. The van der Waals surface area contributed by atoms with Crippen LogP contribution in [-0.4, -0.2) is 13.1 Å². The van der Waals surface area contributed by atoms with Crippen molar-refractivity contribution in [2.24, 2.45) is 5.92 Å². The molecule has 0 aliphatic carbocycles. The van der Waals surface area contributed by atoms with Gasteiger partial charge in [-0.3, -0.25) is 0 Å². The number of aryl methyl sites for hydroxylation is 1. The molecular formula is C16H24BrN. The second-order valence-corrected chi connectivity index (χ2v) is 6.03. The highest BCUT2D eigenvalue weighted by Crippen LogP contribution is 2.28. The van der Waals surface area contributed by atoms with E-state index in [2.05, 4.69) is 52.9 Å². The summed E-state index contributed by atoms with van der Waals surface area (Å²) in [5.41, 5.74) is 4.23. The molecule has 0 aromatic heterocycles. The van der Waals surface area contributed by atoms with E-state index in [0.717, 1.165) is 11.2 Å². The first-order valence-electron chi connectivity index (χ1n) is 7.15. The van der Waals surface area contributed by atoms with Gasteiger partial charge in [-0.15, -0.1) is 0 Å². The van der Waals surface area contributed by atoms with E-state index in [0.29, 0.717) is 0 Å². The highest BCUT2D eigenvalue weighted by Gasteiger charge is 2.19. The lowest BCUT2D eigenvalue weighted by atomic mass is 9.92. The van der Waals surface area contributed by atoms with E-state index in [4.69, 9.17) is 0 Å². The van der Waals surface area contributed by atoms with Gasteiger partial charge >= 0.3 is 0 Å². The van der Waals surface area contributed by atoms with Crippen LogP contribution in [0.15, 0.2) is 18.2 Å². The summed E-state index contributed by atoms with van der Waals surface area (Å²) in [5.74, 6) is 0.966. The molecule has 1 nitrogen and oxygen atoms in total. The molecule has 0 amide bonds. The molecule has 0 spiro atoms. The van der Waals surface area contributed by atoms with Crippen molar-refractivity contribution >= 4 is 21.6 Å². The second-order valence-electron chi connectivity index (χ2n) is 5.47. The summed E-state index contributed by atoms with van der Waals surface area (Å²) < 4.78 is 0. The second kappa shape index (κ2) is 6.60. The Balaban J connectivity index is 2.01. The van der Waals surface area contributed by atoms with Crippen LogP contribution in [0.3, 0.4) is 0 Å². The number of hydrogen-bond acceptors (Lipinski definition) is 1. The average molecular weight is 310 g/mol. The Morgan fingerprint density at radius 3 is 2.56 bits per heavy atom. The van der Waals surface area contributed by atoms with E-state index in [1.165, 1.54) is 55.6 Å². The molecule has 1 saturated heterocycles. The fourth-order valence-corrected chi connectivity index (χ4v) is 3.38. The van der Waals surface area contributed by atoms with Crippen molar-refractivity contribution in [1.82, 2.24) is 0 Å². The summed E-state index contributed by atoms with van der Waals surface area (Å²) in [6, 6.07) is 6.85. The van der Waals surface area contributed by atoms with E-state index < -0.39 is 0 Å². The van der Waals surface area contributed by atoms with Gasteiger partial charge in [-0.1, -0.05) is 47.8 Å². The Hall–Kier alpha value is -0.500. The number of alkyl halides is 1. The topological polar surface area (TPSA) is 3.24 Å². The zero-order valence-corrected chi connectivity index (χ0v) is 13.2. The van der Waals surface area contributed by atoms with Crippen molar-refractivity contribution in [2.75, 3.05) is 18.0 Å². The first kappa shape index (κ1) is 13.9. The van der Waals surface area contributed by atoms with Crippen molar-refractivity contribution in [3.63, 3.8) is 0 Å². The standard InChI is InChI=1S/C16H24BrN/c1-3-4-14-7-9-18(10-8-14)16-6-5-15(12-17)11-13(16)2/h5-6,11,14H,3-4,7-10,12H2,1-2H3. The number of benzene rings is 1. The third-order valence-corrected chi connectivity index (χ3v) is 4.72. The fourth-order valence-electron chi connectivity index (χ4n) is 3.03. The number of nitrogens with zero attached hydrogens (tertiary/aromatic N) is 1. The first-order valence-corrected chi connectivity index (χ1v) is 8.27. The monoisotopic (exact) mass is 309 g/mol. The van der Waals surface area contributed by atoms with Crippen LogP contribution < -0.4 is 4.90 Å². The van der Waals surface area contributed by atoms with Crippen molar-refractivity contribution in [3.8, 4) is 0 Å². The van der Waals surface area contributed by atoms with E-state index in [9.17, 15) is 0 Å². The van der Waals surface area contributed by atoms with Crippen LogP contribution in [0.5, 0.6) is 0 Å². The summed E-state index contributed by atoms with van der Waals surface area (Å²) >= 11 is 3.52. The highest BCUT2D eigenvalue weighted by atomic mass is 79.9. The van der Waals surface area contributed by atoms with Crippen LogP contribution in [0, 0.1) is 12.8 Å². The first-order chi connectivity index (χ1) is 8.74. The molecule has 0 saturated carbocycles. The number of halogens is 1. The molecule has 1 fully saturated rings. The Kier molecular flexibility index (Phi) is 5.11. The van der Waals surface area contributed by atoms with Crippen LogP contribution in [0.4, 0.5) is 5.69 Å². The molecule has 1 aliphatic rings. The maximum Gasteiger partial charge on any atom is 0.0396 e. The normalized spacial score (nSPS) is 17.2. The largest absolute Gasteiger partial charge is 0.371 e. The van der Waals surface area contributed by atoms with E-state index in [1.807, 2.05) is 0 Å². The third-order valence-electron chi connectivity index (χ3n) is 4.07. The van der Waals surface area contributed by atoms with Crippen molar-refractivity contribution in [2.45, 2.75) is 44.9 Å². The number of rotatable bonds is 4. The van der Waals surface area contributed by atoms with Gasteiger partial charge in [-0.25, -0.2) is 0 Å². The van der Waals surface area contributed by atoms with Crippen molar-refractivity contribution in [3.05, 3.63) is 29.3 Å². The van der Waals surface area contributed by atoms with Gasteiger partial charge in [0.1, 0.15) is 0 Å². The molecule has 100 valence electrons. The Labute approximate surface area is 120 Å². The summed E-state index contributed by atoms with van der Waals surface area (Å²) in [5, 5.41) is 0.951. The van der Waals surface area contributed by atoms with Gasteiger partial charge in [0.15, 0.2) is 0 Å². The lowest BCUT2D eigenvalue weighted by molar-refractivity contribution is 0.378. The molecule has 0 radical (unpaired) electrons.